The Morgan fingerprint density at radius 3 is 1.76 bits per heavy atom. The van der Waals surface area contributed by atoms with Crippen molar-refractivity contribution in [3.8, 4) is 0 Å². The predicted molar refractivity (Wildman–Crippen MR) is 151 cm³/mol. The first-order valence-corrected chi connectivity index (χ1v) is 15.6. The van der Waals surface area contributed by atoms with E-state index in [9.17, 15) is 0 Å². The average molecular weight is 463 g/mol. The van der Waals surface area contributed by atoms with Crippen LogP contribution in [0.5, 0.6) is 0 Å². The highest BCUT2D eigenvalue weighted by Crippen LogP contribution is 2.47. The fraction of sp³-hybridized carbons (Fsp3) is 0.333. The van der Waals surface area contributed by atoms with Crippen LogP contribution in [0.2, 0.25) is 6.04 Å². The fourth-order valence-corrected chi connectivity index (χ4v) is 12.1. The van der Waals surface area contributed by atoms with Crippen molar-refractivity contribution in [2.45, 2.75) is 57.9 Å². The Hall–Kier alpha value is -2.64. The highest BCUT2D eigenvalue weighted by Gasteiger charge is 2.48. The van der Waals surface area contributed by atoms with E-state index in [1.165, 1.54) is 62.1 Å². The van der Waals surface area contributed by atoms with E-state index < -0.39 is 8.07 Å². The van der Waals surface area contributed by atoms with Crippen LogP contribution in [0.15, 0.2) is 125 Å². The quantitative estimate of drug-likeness (QED) is 0.229. The Bertz CT molecular complexity index is 1060. The summed E-state index contributed by atoms with van der Waals surface area (Å²) >= 11 is 0. The molecule has 0 radical (unpaired) electrons. The molecule has 1 heteroatoms. The molecule has 0 spiro atoms. The lowest BCUT2D eigenvalue weighted by molar-refractivity contribution is 0.600. The zero-order valence-electron chi connectivity index (χ0n) is 20.6. The summed E-state index contributed by atoms with van der Waals surface area (Å²) in [4.78, 5) is 0. The number of rotatable bonds is 11. The Morgan fingerprint density at radius 1 is 0.618 bits per heavy atom. The maximum Gasteiger partial charge on any atom is 0.142 e. The van der Waals surface area contributed by atoms with Crippen LogP contribution in [0.4, 0.5) is 0 Å². The first kappa shape index (κ1) is 23.1. The van der Waals surface area contributed by atoms with Crippen LogP contribution in [-0.2, 0) is 0 Å². The van der Waals surface area contributed by atoms with Gasteiger partial charge in [0.1, 0.15) is 8.07 Å². The molecule has 0 N–H and O–H groups in total. The highest BCUT2D eigenvalue weighted by atomic mass is 28.3. The van der Waals surface area contributed by atoms with Gasteiger partial charge >= 0.3 is 0 Å². The molecule has 1 aromatic rings. The van der Waals surface area contributed by atoms with Gasteiger partial charge in [0.25, 0.3) is 0 Å². The molecule has 1 aromatic carbocycles. The predicted octanol–water partition coefficient (Wildman–Crippen LogP) is 8.39. The zero-order valence-corrected chi connectivity index (χ0v) is 21.6. The molecule has 4 aliphatic rings. The normalized spacial score (nSPS) is 23.7. The van der Waals surface area contributed by atoms with Gasteiger partial charge in [0.05, 0.1) is 0 Å². The number of benzene rings is 1. The van der Waals surface area contributed by atoms with Crippen LogP contribution in [0.1, 0.15) is 51.9 Å². The first-order valence-electron chi connectivity index (χ1n) is 13.4. The molecule has 174 valence electrons. The number of hydrogen-bond acceptors (Lipinski definition) is 0. The van der Waals surface area contributed by atoms with E-state index in [-0.39, 0.29) is 0 Å². The number of fused-ring (bicyclic) bond motifs is 2. The third-order valence-electron chi connectivity index (χ3n) is 8.11. The molecule has 0 saturated carbocycles. The van der Waals surface area contributed by atoms with Crippen molar-refractivity contribution in [1.29, 1.82) is 0 Å². The van der Waals surface area contributed by atoms with Crippen LogP contribution in [-0.4, -0.2) is 8.07 Å². The number of allylic oxidation sites excluding steroid dienone is 16. The second-order valence-electron chi connectivity index (χ2n) is 10.2. The van der Waals surface area contributed by atoms with Crippen LogP contribution in [0, 0.1) is 11.8 Å². The van der Waals surface area contributed by atoms with Gasteiger partial charge in [-0.05, 0) is 22.4 Å². The lowest BCUT2D eigenvalue weighted by Gasteiger charge is -2.41. The molecule has 0 bridgehead atoms. The SMILES string of the molecule is CCCCCCCCC[Si](C1=CC=C2C=CC=CC21)(C1=CC=C2C=CC=CC21)c1ccccc1. The summed E-state index contributed by atoms with van der Waals surface area (Å²) in [6.45, 7) is 2.30. The second kappa shape index (κ2) is 10.7. The fourth-order valence-electron chi connectivity index (χ4n) is 6.40. The minimum atomic E-state index is -2.15. The molecule has 5 rings (SSSR count). The molecule has 0 saturated heterocycles. The molecule has 34 heavy (non-hydrogen) atoms. The van der Waals surface area contributed by atoms with Gasteiger partial charge in [-0.25, -0.2) is 0 Å². The van der Waals surface area contributed by atoms with Crippen molar-refractivity contribution < 1.29 is 0 Å². The molecule has 0 aromatic heterocycles. The molecule has 2 unspecified atom stereocenters. The third-order valence-corrected chi connectivity index (χ3v) is 13.5. The molecule has 4 aliphatic carbocycles. The van der Waals surface area contributed by atoms with E-state index in [0.29, 0.717) is 11.8 Å². The molecule has 0 heterocycles. The summed E-state index contributed by atoms with van der Waals surface area (Å²) in [6.07, 6.45) is 37.8. The van der Waals surface area contributed by atoms with Gasteiger partial charge in [-0.3, -0.25) is 0 Å². The van der Waals surface area contributed by atoms with E-state index in [1.807, 2.05) is 0 Å². The summed E-state index contributed by atoms with van der Waals surface area (Å²) in [5, 5.41) is 4.99. The zero-order chi connectivity index (χ0) is 23.2. The van der Waals surface area contributed by atoms with Gasteiger partial charge in [-0.1, -0.05) is 166 Å². The largest absolute Gasteiger partial charge is 0.142 e. The Balaban J connectivity index is 1.51. The van der Waals surface area contributed by atoms with Gasteiger partial charge < -0.3 is 0 Å². The maximum atomic E-state index is 2.52. The molecule has 0 amide bonds. The molecular weight excluding hydrogens is 424 g/mol. The average Bonchev–Trinajstić information content (AvgIpc) is 3.52. The molecule has 2 atom stereocenters. The van der Waals surface area contributed by atoms with Crippen LogP contribution in [0.25, 0.3) is 0 Å². The lowest BCUT2D eigenvalue weighted by Crippen LogP contribution is -2.54. The van der Waals surface area contributed by atoms with Gasteiger partial charge in [0, 0.05) is 11.8 Å². The maximum absolute atomic E-state index is 2.52. The number of hydrogen-bond donors (Lipinski definition) is 0. The van der Waals surface area contributed by atoms with Crippen molar-refractivity contribution in [3.63, 3.8) is 0 Å². The summed E-state index contributed by atoms with van der Waals surface area (Å²) in [7, 11) is -2.15. The standard InChI is InChI=1S/C33H38Si/c1-2-3-4-5-6-7-15-26-34(29-18-9-8-10-19-29,32-24-22-27-16-11-13-20-30(27)32)33-25-23-28-17-12-14-21-31(28)33/h8-14,16-25,30-31H,2-7,15,26H2,1H3. The minimum Gasteiger partial charge on any atom is -0.0733 e. The van der Waals surface area contributed by atoms with E-state index in [4.69, 9.17) is 0 Å². The van der Waals surface area contributed by atoms with E-state index in [1.54, 1.807) is 15.6 Å². The minimum absolute atomic E-state index is 0.439. The summed E-state index contributed by atoms with van der Waals surface area (Å²) in [6, 6.07) is 12.9. The molecule has 0 nitrogen and oxygen atoms in total. The van der Waals surface area contributed by atoms with Crippen LogP contribution in [0.3, 0.4) is 0 Å². The third kappa shape index (κ3) is 4.39. The summed E-state index contributed by atoms with van der Waals surface area (Å²) < 4.78 is 0. The van der Waals surface area contributed by atoms with E-state index >= 15 is 0 Å². The molecule has 0 aliphatic heterocycles. The molecular formula is C33H38Si. The number of unbranched alkanes of at least 4 members (excludes halogenated alkanes) is 6. The van der Waals surface area contributed by atoms with Crippen molar-refractivity contribution >= 4 is 13.3 Å². The smallest absolute Gasteiger partial charge is 0.0733 e. The lowest BCUT2D eigenvalue weighted by atomic mass is 9.97. The Kier molecular flexibility index (Phi) is 7.30. The summed E-state index contributed by atoms with van der Waals surface area (Å²) in [5.41, 5.74) is 2.94. The van der Waals surface area contributed by atoms with Gasteiger partial charge in [-0.2, -0.15) is 0 Å². The van der Waals surface area contributed by atoms with Crippen molar-refractivity contribution in [2.24, 2.45) is 11.8 Å². The van der Waals surface area contributed by atoms with Gasteiger partial charge in [-0.15, -0.1) is 0 Å². The highest BCUT2D eigenvalue weighted by molar-refractivity contribution is 7.03. The second-order valence-corrected chi connectivity index (χ2v) is 14.2. The monoisotopic (exact) mass is 462 g/mol. The Morgan fingerprint density at radius 2 is 1.18 bits per heavy atom. The van der Waals surface area contributed by atoms with Crippen LogP contribution < -0.4 is 5.19 Å². The van der Waals surface area contributed by atoms with Gasteiger partial charge in [0.2, 0.25) is 0 Å². The van der Waals surface area contributed by atoms with E-state index in [2.05, 4.69) is 110 Å². The topological polar surface area (TPSA) is 0 Å². The van der Waals surface area contributed by atoms with Crippen LogP contribution >= 0.6 is 0 Å². The van der Waals surface area contributed by atoms with E-state index in [0.717, 1.165) is 0 Å². The first-order chi connectivity index (χ1) is 16.8. The molecule has 0 fully saturated rings. The Labute approximate surface area is 207 Å². The summed E-state index contributed by atoms with van der Waals surface area (Å²) in [5.74, 6) is 0.879. The van der Waals surface area contributed by atoms with Crippen molar-refractivity contribution in [1.82, 2.24) is 0 Å². The van der Waals surface area contributed by atoms with Gasteiger partial charge in [0.15, 0.2) is 0 Å². The van der Waals surface area contributed by atoms with Crippen molar-refractivity contribution in [2.75, 3.05) is 0 Å². The van der Waals surface area contributed by atoms with Crippen molar-refractivity contribution in [3.05, 3.63) is 125 Å².